The number of halogens is 4. The molecule has 0 atom stereocenters. The summed E-state index contributed by atoms with van der Waals surface area (Å²) in [6, 6.07) is 6.59. The first-order valence-electron chi connectivity index (χ1n) is 13.0. The van der Waals surface area contributed by atoms with Crippen molar-refractivity contribution >= 4 is 23.2 Å². The molecule has 12 heteroatoms. The highest BCUT2D eigenvalue weighted by molar-refractivity contribution is 6.34. The van der Waals surface area contributed by atoms with Crippen molar-refractivity contribution in [3.05, 3.63) is 74.7 Å². The van der Waals surface area contributed by atoms with E-state index in [2.05, 4.69) is 27.8 Å². The van der Waals surface area contributed by atoms with Gasteiger partial charge in [0, 0.05) is 26.3 Å². The smallest absolute Gasteiger partial charge is 0.320 e. The van der Waals surface area contributed by atoms with Gasteiger partial charge in [0.15, 0.2) is 0 Å². The van der Waals surface area contributed by atoms with Gasteiger partial charge in [0.25, 0.3) is 11.5 Å². The van der Waals surface area contributed by atoms with E-state index in [0.717, 1.165) is 30.4 Å². The van der Waals surface area contributed by atoms with E-state index >= 15 is 0 Å². The maximum atomic E-state index is 13.4. The molecule has 0 aliphatic heterocycles. The number of rotatable bonds is 8. The van der Waals surface area contributed by atoms with Crippen molar-refractivity contribution in [2.24, 2.45) is 18.4 Å². The zero-order chi connectivity index (χ0) is 29.5. The number of aryl methyl sites for hydroxylation is 1. The third-order valence-corrected chi connectivity index (χ3v) is 7.35. The first-order chi connectivity index (χ1) is 18.6. The van der Waals surface area contributed by atoms with Crippen LogP contribution in [-0.4, -0.2) is 38.0 Å². The Morgan fingerprint density at radius 3 is 2.48 bits per heavy atom. The van der Waals surface area contributed by atoms with Gasteiger partial charge in [0.1, 0.15) is 24.3 Å². The van der Waals surface area contributed by atoms with Crippen molar-refractivity contribution < 1.29 is 18.0 Å². The molecule has 1 aromatic carbocycles. The predicted molar refractivity (Wildman–Crippen MR) is 148 cm³/mol. The third-order valence-electron chi connectivity index (χ3n) is 7.02. The fraction of sp³-hybridized carbons (Fsp3) is 0.500. The molecule has 4 rings (SSSR count). The van der Waals surface area contributed by atoms with Crippen LogP contribution in [0.1, 0.15) is 67.8 Å². The molecule has 1 saturated carbocycles. The van der Waals surface area contributed by atoms with Crippen LogP contribution in [0.4, 0.5) is 18.9 Å². The van der Waals surface area contributed by atoms with E-state index in [-0.39, 0.29) is 22.7 Å². The van der Waals surface area contributed by atoms with Crippen LogP contribution in [0.15, 0.2) is 41.6 Å². The molecule has 0 spiro atoms. The van der Waals surface area contributed by atoms with Gasteiger partial charge >= 0.3 is 6.18 Å². The van der Waals surface area contributed by atoms with Crippen LogP contribution in [0.3, 0.4) is 0 Å². The second kappa shape index (κ2) is 11.0. The molecule has 1 fully saturated rings. The Morgan fingerprint density at radius 1 is 1.20 bits per heavy atom. The van der Waals surface area contributed by atoms with Crippen molar-refractivity contribution in [2.75, 3.05) is 11.9 Å². The van der Waals surface area contributed by atoms with E-state index in [9.17, 15) is 22.8 Å². The van der Waals surface area contributed by atoms with Gasteiger partial charge in [0.2, 0.25) is 0 Å². The number of amides is 1. The minimum Gasteiger partial charge on any atom is -0.320 e. The normalized spacial score (nSPS) is 19.4. The van der Waals surface area contributed by atoms with Gasteiger partial charge < -0.3 is 19.8 Å². The summed E-state index contributed by atoms with van der Waals surface area (Å²) in [5.41, 5.74) is -0.427. The quantitative estimate of drug-likeness (QED) is 0.378. The summed E-state index contributed by atoms with van der Waals surface area (Å²) in [5.74, 6) is 0.398. The number of alkyl halides is 3. The average molecular weight is 579 g/mol. The topological polar surface area (TPSA) is 93.8 Å². The standard InChI is InChI=1S/C28H34ClF3N6O2/c1-17-10-27(11-17,25-36-34-16-37(25)5)19-6-7-21(29)22(9-19)35-23(39)20-8-18(12-33-14-26(2,3)4)13-38(24(20)40)15-28(30,31)32/h6-9,13,16-17,33H,10-12,14-15H2,1-5H3,(H,35,39). The second-order valence-corrected chi connectivity index (χ2v) is 12.4. The molecule has 1 aliphatic rings. The van der Waals surface area contributed by atoms with Crippen LogP contribution in [0, 0.1) is 11.3 Å². The molecule has 2 heterocycles. The summed E-state index contributed by atoms with van der Waals surface area (Å²) in [6.07, 6.45) is -0.229. The monoisotopic (exact) mass is 578 g/mol. The highest BCUT2D eigenvalue weighted by atomic mass is 35.5. The van der Waals surface area contributed by atoms with Gasteiger partial charge in [-0.1, -0.05) is 45.4 Å². The van der Waals surface area contributed by atoms with Crippen molar-refractivity contribution in [2.45, 2.75) is 65.2 Å². The van der Waals surface area contributed by atoms with Crippen molar-refractivity contribution in [1.29, 1.82) is 0 Å². The summed E-state index contributed by atoms with van der Waals surface area (Å²) in [7, 11) is 1.87. The molecule has 1 amide bonds. The summed E-state index contributed by atoms with van der Waals surface area (Å²) < 4.78 is 42.2. The summed E-state index contributed by atoms with van der Waals surface area (Å²) in [4.78, 5) is 26.3. The number of anilines is 1. The van der Waals surface area contributed by atoms with Gasteiger partial charge in [-0.3, -0.25) is 9.59 Å². The van der Waals surface area contributed by atoms with E-state index in [4.69, 9.17) is 11.6 Å². The Kier molecular flexibility index (Phi) is 8.20. The minimum absolute atomic E-state index is 0.0665. The highest BCUT2D eigenvalue weighted by Gasteiger charge is 2.48. The van der Waals surface area contributed by atoms with Gasteiger partial charge in [-0.25, -0.2) is 0 Å². The lowest BCUT2D eigenvalue weighted by atomic mass is 9.58. The van der Waals surface area contributed by atoms with Crippen LogP contribution in [0.2, 0.25) is 5.02 Å². The molecule has 0 saturated heterocycles. The maximum Gasteiger partial charge on any atom is 0.406 e. The molecule has 0 unspecified atom stereocenters. The first-order valence-corrected chi connectivity index (χ1v) is 13.4. The molecular weight excluding hydrogens is 545 g/mol. The molecule has 2 aromatic heterocycles. The Morgan fingerprint density at radius 2 is 1.90 bits per heavy atom. The largest absolute Gasteiger partial charge is 0.406 e. The number of carbonyl (C=O) groups is 1. The van der Waals surface area contributed by atoms with Gasteiger partial charge in [-0.2, -0.15) is 13.2 Å². The summed E-state index contributed by atoms with van der Waals surface area (Å²) in [6.45, 7) is 7.45. The lowest BCUT2D eigenvalue weighted by molar-refractivity contribution is -0.141. The SMILES string of the molecule is CC1CC(c2ccc(Cl)c(NC(=O)c3cc(CNCC(C)(C)C)cn(CC(F)(F)F)c3=O)c2)(c2nncn2C)C1. The number of hydrogen-bond acceptors (Lipinski definition) is 5. The van der Waals surface area contributed by atoms with Crippen molar-refractivity contribution in [1.82, 2.24) is 24.6 Å². The number of nitrogens with one attached hydrogen (secondary N) is 2. The lowest BCUT2D eigenvalue weighted by Gasteiger charge is -2.46. The van der Waals surface area contributed by atoms with Crippen LogP contribution in [0.25, 0.3) is 0 Å². The van der Waals surface area contributed by atoms with Crippen molar-refractivity contribution in [3.8, 4) is 0 Å². The minimum atomic E-state index is -4.64. The van der Waals surface area contributed by atoms with Crippen LogP contribution in [-0.2, 0) is 25.6 Å². The van der Waals surface area contributed by atoms with E-state index in [1.54, 1.807) is 18.5 Å². The fourth-order valence-corrected chi connectivity index (χ4v) is 5.52. The Labute approximate surface area is 235 Å². The highest BCUT2D eigenvalue weighted by Crippen LogP contribution is 2.52. The van der Waals surface area contributed by atoms with Crippen LogP contribution < -0.4 is 16.2 Å². The van der Waals surface area contributed by atoms with E-state index in [0.29, 0.717) is 22.6 Å². The molecule has 40 heavy (non-hydrogen) atoms. The van der Waals surface area contributed by atoms with Gasteiger partial charge in [-0.15, -0.1) is 10.2 Å². The average Bonchev–Trinajstić information content (AvgIpc) is 3.24. The fourth-order valence-electron chi connectivity index (χ4n) is 5.35. The van der Waals surface area contributed by atoms with Crippen LogP contribution in [0.5, 0.6) is 0 Å². The molecule has 0 radical (unpaired) electrons. The molecule has 0 bridgehead atoms. The maximum absolute atomic E-state index is 13.4. The first kappa shape index (κ1) is 29.8. The van der Waals surface area contributed by atoms with E-state index < -0.39 is 35.2 Å². The van der Waals surface area contributed by atoms with Crippen LogP contribution >= 0.6 is 11.6 Å². The molecule has 2 N–H and O–H groups in total. The van der Waals surface area contributed by atoms with E-state index in [1.165, 1.54) is 6.07 Å². The Balaban J connectivity index is 1.67. The zero-order valence-electron chi connectivity index (χ0n) is 23.2. The number of pyridine rings is 1. The van der Waals surface area contributed by atoms with Crippen molar-refractivity contribution in [3.63, 3.8) is 0 Å². The van der Waals surface area contributed by atoms with Gasteiger partial charge in [-0.05, 0) is 53.5 Å². The lowest BCUT2D eigenvalue weighted by Crippen LogP contribution is -2.43. The van der Waals surface area contributed by atoms with E-state index in [1.807, 2.05) is 38.5 Å². The number of hydrogen-bond donors (Lipinski definition) is 2. The number of carbonyl (C=O) groups excluding carboxylic acids is 1. The van der Waals surface area contributed by atoms with Gasteiger partial charge in [0.05, 0.1) is 16.1 Å². The summed E-state index contributed by atoms with van der Waals surface area (Å²) in [5, 5.41) is 14.4. The Bertz CT molecular complexity index is 1450. The molecule has 3 aromatic rings. The second-order valence-electron chi connectivity index (χ2n) is 12.0. The number of aromatic nitrogens is 4. The molecule has 8 nitrogen and oxygen atoms in total. The Hall–Kier alpha value is -3.18. The number of nitrogens with zero attached hydrogens (tertiary/aromatic N) is 4. The zero-order valence-corrected chi connectivity index (χ0v) is 24.0. The third kappa shape index (κ3) is 6.58. The predicted octanol–water partition coefficient (Wildman–Crippen LogP) is 5.30. The summed E-state index contributed by atoms with van der Waals surface area (Å²) >= 11 is 6.43. The molecular formula is C28H34ClF3N6O2. The molecule has 216 valence electrons. The number of benzene rings is 1. The molecule has 1 aliphatic carbocycles.